The molecule has 0 saturated carbocycles. The van der Waals surface area contributed by atoms with Crippen molar-refractivity contribution in [3.63, 3.8) is 0 Å². The predicted molar refractivity (Wildman–Crippen MR) is 250 cm³/mol. The Labute approximate surface area is 354 Å². The maximum atomic E-state index is 7.00. The van der Waals surface area contributed by atoms with Crippen LogP contribution in [0.1, 0.15) is 215 Å². The lowest BCUT2D eigenvalue weighted by Crippen LogP contribution is -2.20. The Kier molecular flexibility index (Phi) is 26.1. The summed E-state index contributed by atoms with van der Waals surface area (Å²) >= 11 is 0. The summed E-state index contributed by atoms with van der Waals surface area (Å²) in [6.45, 7) is 9.38. The summed E-state index contributed by atoms with van der Waals surface area (Å²) in [5, 5.41) is 37.1. The molecule has 0 fully saturated rings. The molecule has 0 heterocycles. The number of hydrogen-bond donors (Lipinski definition) is 4. The van der Waals surface area contributed by atoms with Crippen LogP contribution in [0.5, 0.6) is 0 Å². The third-order valence-corrected chi connectivity index (χ3v) is 12.5. The van der Waals surface area contributed by atoms with Crippen molar-refractivity contribution in [2.24, 2.45) is 0 Å². The summed E-state index contributed by atoms with van der Waals surface area (Å²) in [6, 6.07) is 14.1. The van der Waals surface area contributed by atoms with Crippen molar-refractivity contribution >= 4 is 27.5 Å². The molecule has 4 nitrogen and oxygen atoms in total. The van der Waals surface area contributed by atoms with E-state index in [1.807, 2.05) is 11.1 Å². The van der Waals surface area contributed by atoms with Crippen molar-refractivity contribution < 1.29 is 20.1 Å². The third-order valence-electron chi connectivity index (χ3n) is 12.5. The fourth-order valence-electron chi connectivity index (χ4n) is 9.52. The molecule has 0 unspecified atom stereocenters. The lowest BCUT2D eigenvalue weighted by molar-refractivity contribution is 0.447. The highest BCUT2D eigenvalue weighted by Crippen LogP contribution is 2.31. The van der Waals surface area contributed by atoms with Crippen molar-refractivity contribution in [2.45, 2.75) is 207 Å². The van der Waals surface area contributed by atoms with Gasteiger partial charge in [0.15, 0.2) is 0 Å². The second kappa shape index (κ2) is 30.4. The minimum absolute atomic E-state index is 0. The monoisotopic (exact) mass is 791 g/mol. The zero-order valence-electron chi connectivity index (χ0n) is 37.4. The van der Waals surface area contributed by atoms with E-state index >= 15 is 0 Å². The zero-order chi connectivity index (χ0) is 41.8. The maximum absolute atomic E-state index is 7.00. The number of rotatable bonds is 28. The molecule has 3 aromatic rings. The Balaban J connectivity index is 0.00000141. The molecule has 3 aromatic carbocycles. The maximum Gasteiger partial charge on any atom is 0.482 e. The second-order valence-corrected chi connectivity index (χ2v) is 16.9. The molecular formula is C52H80B2O4. The van der Waals surface area contributed by atoms with Gasteiger partial charge in [-0.1, -0.05) is 193 Å². The van der Waals surface area contributed by atoms with Crippen molar-refractivity contribution in [1.82, 2.24) is 0 Å². The molecular weight excluding hydrogens is 710 g/mol. The van der Waals surface area contributed by atoms with Gasteiger partial charge in [-0.2, -0.15) is 0 Å². The van der Waals surface area contributed by atoms with Gasteiger partial charge in [-0.25, -0.2) is 0 Å². The van der Waals surface area contributed by atoms with Crippen LogP contribution in [0.4, 0.5) is 0 Å². The van der Waals surface area contributed by atoms with Crippen LogP contribution in [0, 0.1) is 20.9 Å². The number of unbranched alkanes of at least 4 members (excludes halogenated alkanes) is 20. The van der Waals surface area contributed by atoms with Crippen LogP contribution in [0.15, 0.2) is 36.4 Å². The van der Waals surface area contributed by atoms with Gasteiger partial charge in [0.2, 0.25) is 0 Å². The number of benzene rings is 3. The molecule has 0 amide bonds. The van der Waals surface area contributed by atoms with E-state index in [0.29, 0.717) is 0 Å². The summed E-state index contributed by atoms with van der Waals surface area (Å²) in [4.78, 5) is 0. The smallest absolute Gasteiger partial charge is 0.429 e. The minimum Gasteiger partial charge on any atom is -0.429 e. The topological polar surface area (TPSA) is 80.9 Å². The van der Waals surface area contributed by atoms with Gasteiger partial charge >= 0.3 is 15.4 Å². The van der Waals surface area contributed by atoms with Crippen molar-refractivity contribution in [3.05, 3.63) is 101 Å². The first-order chi connectivity index (χ1) is 28.6. The Morgan fingerprint density at radius 3 is 1.21 bits per heavy atom. The molecule has 2 radical (unpaired) electrons. The van der Waals surface area contributed by atoms with Gasteiger partial charge in [0.1, 0.15) is 0 Å². The van der Waals surface area contributed by atoms with Crippen LogP contribution < -0.4 is 10.4 Å². The molecule has 6 heteroatoms. The molecule has 2 aliphatic carbocycles. The van der Waals surface area contributed by atoms with Gasteiger partial charge in [0.05, 0.1) is 0 Å². The highest BCUT2D eigenvalue weighted by atomic mass is 16.4. The summed E-state index contributed by atoms with van der Waals surface area (Å²) in [7, 11) is 0. The van der Waals surface area contributed by atoms with Gasteiger partial charge in [-0.15, -0.1) is 0 Å². The molecule has 0 spiro atoms. The highest BCUT2D eigenvalue weighted by molar-refractivity contribution is 6.13. The SMILES string of the molecule is CCCCCCCCc1c(CCCCCCCC)c(CCCCCCCC)c2c(c1CCCCCCCC)=Cc1c3c(ccc1=2)=c1ccccc1=C3.O[B]O.O[B]O. The Morgan fingerprint density at radius 2 is 0.724 bits per heavy atom. The molecule has 5 rings (SSSR count). The van der Waals surface area contributed by atoms with Crippen molar-refractivity contribution in [1.29, 1.82) is 0 Å². The first-order valence-electron chi connectivity index (χ1n) is 23.9. The van der Waals surface area contributed by atoms with E-state index in [0.717, 1.165) is 0 Å². The summed E-state index contributed by atoms with van der Waals surface area (Å²) in [6.07, 6.45) is 43.3. The Bertz CT molecular complexity index is 1910. The fourth-order valence-corrected chi connectivity index (χ4v) is 9.52. The normalized spacial score (nSPS) is 11.6. The second-order valence-electron chi connectivity index (χ2n) is 16.9. The van der Waals surface area contributed by atoms with Crippen LogP contribution in [0.25, 0.3) is 12.2 Å². The van der Waals surface area contributed by atoms with E-state index in [9.17, 15) is 0 Å². The van der Waals surface area contributed by atoms with E-state index in [-0.39, 0.29) is 15.4 Å². The first kappa shape index (κ1) is 49.7. The quantitative estimate of drug-likeness (QED) is 0.0300. The molecule has 2 aliphatic rings. The predicted octanol–water partition coefficient (Wildman–Crippen LogP) is 11.2. The fraction of sp³-hybridized carbons (Fsp3) is 0.615. The first-order valence-corrected chi connectivity index (χ1v) is 23.9. The summed E-state index contributed by atoms with van der Waals surface area (Å²) in [5.74, 6) is 0. The van der Waals surface area contributed by atoms with Crippen LogP contribution in [0.2, 0.25) is 0 Å². The largest absolute Gasteiger partial charge is 0.482 e. The summed E-state index contributed by atoms with van der Waals surface area (Å²) < 4.78 is 0. The Hall–Kier alpha value is -2.63. The Morgan fingerprint density at radius 1 is 0.362 bits per heavy atom. The van der Waals surface area contributed by atoms with Crippen molar-refractivity contribution in [3.8, 4) is 0 Å². The van der Waals surface area contributed by atoms with Crippen LogP contribution >= 0.6 is 0 Å². The molecule has 0 bridgehead atoms. The van der Waals surface area contributed by atoms with Gasteiger partial charge < -0.3 is 20.1 Å². The van der Waals surface area contributed by atoms with Gasteiger partial charge in [-0.05, 0) is 128 Å². The van der Waals surface area contributed by atoms with Gasteiger partial charge in [-0.3, -0.25) is 0 Å². The third kappa shape index (κ3) is 15.4. The molecule has 4 N–H and O–H groups in total. The highest BCUT2D eigenvalue weighted by Gasteiger charge is 2.22. The number of hydrogen-bond acceptors (Lipinski definition) is 4. The molecule has 0 saturated heterocycles. The van der Waals surface area contributed by atoms with Crippen LogP contribution in [0.3, 0.4) is 0 Å². The van der Waals surface area contributed by atoms with Gasteiger partial charge in [0, 0.05) is 0 Å². The minimum atomic E-state index is 0. The van der Waals surface area contributed by atoms with E-state index in [1.54, 1.807) is 26.8 Å². The van der Waals surface area contributed by atoms with Crippen molar-refractivity contribution in [2.75, 3.05) is 0 Å². The van der Waals surface area contributed by atoms with Gasteiger partial charge in [0.25, 0.3) is 0 Å². The molecule has 0 aliphatic heterocycles. The lowest BCUT2D eigenvalue weighted by Gasteiger charge is -2.22. The number of fused-ring (bicyclic) bond motifs is 5. The van der Waals surface area contributed by atoms with Crippen LogP contribution in [-0.2, 0) is 25.7 Å². The van der Waals surface area contributed by atoms with E-state index in [2.05, 4.69) is 76.2 Å². The lowest BCUT2D eigenvalue weighted by atomic mass is 9.83. The molecule has 58 heavy (non-hydrogen) atoms. The van der Waals surface area contributed by atoms with E-state index < -0.39 is 0 Å². The average Bonchev–Trinajstić information content (AvgIpc) is 3.81. The standard InChI is InChI=1S/C52H76.2BH2O2/c1-5-9-13-17-21-25-33-43-44(34-26-22-18-14-10-6-2)47(36-28-24-20-16-12-8-4)52-48-38-37-46-42-32-30-29-31-41(42)39-49(46)50(48)40-51(52)45(43)35-27-23-19-15-11-7-3;2*2-1-3/h29-32,37-40H,5-28,33-36H2,1-4H3;2*2-3H. The average molecular weight is 791 g/mol. The summed E-state index contributed by atoms with van der Waals surface area (Å²) in [5.41, 5.74) is 10.1. The van der Waals surface area contributed by atoms with E-state index in [1.165, 1.54) is 207 Å². The molecule has 0 aromatic heterocycles. The van der Waals surface area contributed by atoms with Crippen LogP contribution in [-0.4, -0.2) is 35.5 Å². The zero-order valence-corrected chi connectivity index (χ0v) is 37.4. The molecule has 318 valence electrons. The van der Waals surface area contributed by atoms with E-state index in [4.69, 9.17) is 20.1 Å². The molecule has 0 atom stereocenters.